The molecule has 0 unspecified atom stereocenters. The smallest absolute Gasteiger partial charge is 0.152 e. The minimum atomic E-state index is -0.311. The Hall–Kier alpha value is -1.34. The Morgan fingerprint density at radius 3 is 2.89 bits per heavy atom. The van der Waals surface area contributed by atoms with Crippen molar-refractivity contribution in [1.82, 2.24) is 19.6 Å². The Kier molecular flexibility index (Phi) is 3.10. The van der Waals surface area contributed by atoms with Gasteiger partial charge in [-0.25, -0.2) is 9.37 Å². The number of hydrogen-bond acceptors (Lipinski definition) is 4. The molecule has 0 bridgehead atoms. The van der Waals surface area contributed by atoms with E-state index in [0.29, 0.717) is 21.3 Å². The van der Waals surface area contributed by atoms with Gasteiger partial charge in [0.1, 0.15) is 10.7 Å². The van der Waals surface area contributed by atoms with Gasteiger partial charge in [0, 0.05) is 6.07 Å². The highest BCUT2D eigenvalue weighted by atomic mass is 79.9. The maximum absolute atomic E-state index is 13.5. The third-order valence-corrected chi connectivity index (χ3v) is 4.16. The molecule has 0 atom stereocenters. The molecule has 0 fully saturated rings. The number of nitrogens with one attached hydrogen (secondary N) is 1. The summed E-state index contributed by atoms with van der Waals surface area (Å²) in [5.74, 6) is 0.644. The maximum Gasteiger partial charge on any atom is 0.152 e. The average Bonchev–Trinajstić information content (AvgIpc) is 2.95. The van der Waals surface area contributed by atoms with E-state index >= 15 is 0 Å². The van der Waals surface area contributed by atoms with Gasteiger partial charge in [0.05, 0.1) is 21.2 Å². The van der Waals surface area contributed by atoms with Crippen LogP contribution in [0.2, 0.25) is 0 Å². The van der Waals surface area contributed by atoms with E-state index in [1.807, 2.05) is 0 Å². The highest BCUT2D eigenvalue weighted by Crippen LogP contribution is 2.31. The van der Waals surface area contributed by atoms with E-state index in [-0.39, 0.29) is 11.7 Å². The maximum atomic E-state index is 13.5. The molecule has 4 nitrogen and oxygen atoms in total. The quantitative estimate of drug-likeness (QED) is 0.763. The number of aromatic amines is 1. The normalized spacial score (nSPS) is 11.6. The Morgan fingerprint density at radius 1 is 1.37 bits per heavy atom. The number of rotatable bonds is 2. The number of halogens is 2. The SMILES string of the molecule is CC(C)c1nnsc1-c1nc2cc(Br)c(F)cc2[nH]1. The zero-order chi connectivity index (χ0) is 13.6. The van der Waals surface area contributed by atoms with Gasteiger partial charge in [0.2, 0.25) is 0 Å². The lowest BCUT2D eigenvalue weighted by atomic mass is 10.1. The molecule has 3 rings (SSSR count). The van der Waals surface area contributed by atoms with Crippen LogP contribution in [-0.2, 0) is 0 Å². The van der Waals surface area contributed by atoms with Gasteiger partial charge in [-0.3, -0.25) is 0 Å². The number of H-pyrrole nitrogens is 1. The third-order valence-electron chi connectivity index (χ3n) is 2.80. The zero-order valence-electron chi connectivity index (χ0n) is 10.2. The summed E-state index contributed by atoms with van der Waals surface area (Å²) in [5.41, 5.74) is 2.29. The van der Waals surface area contributed by atoms with Gasteiger partial charge < -0.3 is 4.98 Å². The summed E-state index contributed by atoms with van der Waals surface area (Å²) in [6, 6.07) is 3.09. The molecule has 0 saturated heterocycles. The van der Waals surface area contributed by atoms with Gasteiger partial charge in [-0.05, 0) is 39.4 Å². The molecule has 0 spiro atoms. The molecule has 98 valence electrons. The first-order valence-electron chi connectivity index (χ1n) is 5.73. The fourth-order valence-electron chi connectivity index (χ4n) is 1.85. The fourth-order valence-corrected chi connectivity index (χ4v) is 2.95. The lowest BCUT2D eigenvalue weighted by Gasteiger charge is -2.00. The van der Waals surface area contributed by atoms with E-state index in [2.05, 4.69) is 49.3 Å². The molecule has 0 aliphatic carbocycles. The van der Waals surface area contributed by atoms with E-state index in [0.717, 1.165) is 10.6 Å². The topological polar surface area (TPSA) is 54.5 Å². The van der Waals surface area contributed by atoms with Gasteiger partial charge in [0.15, 0.2) is 5.82 Å². The van der Waals surface area contributed by atoms with Crippen molar-refractivity contribution in [1.29, 1.82) is 0 Å². The van der Waals surface area contributed by atoms with E-state index < -0.39 is 0 Å². The van der Waals surface area contributed by atoms with Crippen LogP contribution >= 0.6 is 27.5 Å². The summed E-state index contributed by atoms with van der Waals surface area (Å²) < 4.78 is 17.9. The number of nitrogens with zero attached hydrogens (tertiary/aromatic N) is 3. The van der Waals surface area contributed by atoms with Crippen molar-refractivity contribution in [2.75, 3.05) is 0 Å². The van der Waals surface area contributed by atoms with Crippen LogP contribution in [0.15, 0.2) is 16.6 Å². The van der Waals surface area contributed by atoms with Crippen molar-refractivity contribution in [2.24, 2.45) is 0 Å². The number of hydrogen-bond donors (Lipinski definition) is 1. The van der Waals surface area contributed by atoms with Crippen LogP contribution < -0.4 is 0 Å². The second kappa shape index (κ2) is 4.64. The molecule has 1 N–H and O–H groups in total. The Balaban J connectivity index is 2.18. The standard InChI is InChI=1S/C12H10BrFN4S/c1-5(2)10-11(19-18-17-10)12-15-8-3-6(13)7(14)4-9(8)16-12/h3-5H,1-2H3,(H,15,16). The lowest BCUT2D eigenvalue weighted by Crippen LogP contribution is -1.91. The molecule has 7 heteroatoms. The first-order chi connectivity index (χ1) is 9.06. The number of benzene rings is 1. The molecular weight excluding hydrogens is 331 g/mol. The fraction of sp³-hybridized carbons (Fsp3) is 0.250. The minimum absolute atomic E-state index is 0.269. The Labute approximate surface area is 121 Å². The van der Waals surface area contributed by atoms with Gasteiger partial charge in [-0.15, -0.1) is 5.10 Å². The van der Waals surface area contributed by atoms with Crippen molar-refractivity contribution < 1.29 is 4.39 Å². The summed E-state index contributed by atoms with van der Waals surface area (Å²) in [5, 5.41) is 4.12. The van der Waals surface area contributed by atoms with Crippen LogP contribution in [-0.4, -0.2) is 19.6 Å². The van der Waals surface area contributed by atoms with E-state index in [1.165, 1.54) is 17.6 Å². The van der Waals surface area contributed by atoms with Crippen molar-refractivity contribution >= 4 is 38.5 Å². The Morgan fingerprint density at radius 2 is 2.16 bits per heavy atom. The van der Waals surface area contributed by atoms with Crippen molar-refractivity contribution in [3.63, 3.8) is 0 Å². The molecule has 3 aromatic rings. The second-order valence-corrected chi connectivity index (χ2v) is 6.12. The monoisotopic (exact) mass is 340 g/mol. The zero-order valence-corrected chi connectivity index (χ0v) is 12.6. The molecule has 2 heterocycles. The van der Waals surface area contributed by atoms with Crippen LogP contribution in [0.4, 0.5) is 4.39 Å². The summed E-state index contributed by atoms with van der Waals surface area (Å²) in [4.78, 5) is 8.50. The summed E-state index contributed by atoms with van der Waals surface area (Å²) in [6.45, 7) is 4.11. The molecule has 2 aromatic heterocycles. The van der Waals surface area contributed by atoms with Crippen LogP contribution in [0.1, 0.15) is 25.5 Å². The van der Waals surface area contributed by atoms with Gasteiger partial charge in [-0.2, -0.15) is 0 Å². The van der Waals surface area contributed by atoms with Gasteiger partial charge in [0.25, 0.3) is 0 Å². The summed E-state index contributed by atoms with van der Waals surface area (Å²) >= 11 is 4.46. The van der Waals surface area contributed by atoms with Crippen molar-refractivity contribution in [2.45, 2.75) is 19.8 Å². The Bertz CT molecular complexity index is 710. The predicted molar refractivity (Wildman–Crippen MR) is 76.7 cm³/mol. The van der Waals surface area contributed by atoms with Crippen LogP contribution in [0.5, 0.6) is 0 Å². The highest BCUT2D eigenvalue weighted by molar-refractivity contribution is 9.10. The van der Waals surface area contributed by atoms with Gasteiger partial charge in [-0.1, -0.05) is 18.3 Å². The number of aromatic nitrogens is 4. The molecule has 0 aliphatic rings. The summed E-state index contributed by atoms with van der Waals surface area (Å²) in [7, 11) is 0. The molecule has 1 aromatic carbocycles. The second-order valence-electron chi connectivity index (χ2n) is 4.51. The number of fused-ring (bicyclic) bond motifs is 1. The third kappa shape index (κ3) is 2.17. The van der Waals surface area contributed by atoms with Crippen molar-refractivity contribution in [3.05, 3.63) is 28.1 Å². The molecule has 0 saturated carbocycles. The first kappa shape index (κ1) is 12.7. The molecule has 0 amide bonds. The van der Waals surface area contributed by atoms with Crippen LogP contribution in [0.25, 0.3) is 21.7 Å². The van der Waals surface area contributed by atoms with Crippen LogP contribution in [0.3, 0.4) is 0 Å². The number of imidazole rings is 1. The first-order valence-corrected chi connectivity index (χ1v) is 7.30. The van der Waals surface area contributed by atoms with Crippen LogP contribution in [0, 0.1) is 5.82 Å². The molecular formula is C12H10BrFN4S. The molecule has 0 aliphatic heterocycles. The van der Waals surface area contributed by atoms with E-state index in [9.17, 15) is 4.39 Å². The summed E-state index contributed by atoms with van der Waals surface area (Å²) in [6.07, 6.45) is 0. The van der Waals surface area contributed by atoms with E-state index in [1.54, 1.807) is 6.07 Å². The van der Waals surface area contributed by atoms with E-state index in [4.69, 9.17) is 0 Å². The molecule has 0 radical (unpaired) electrons. The molecule has 19 heavy (non-hydrogen) atoms. The average molecular weight is 341 g/mol. The predicted octanol–water partition coefficient (Wildman–Crippen LogP) is 4.11. The largest absolute Gasteiger partial charge is 0.337 e. The van der Waals surface area contributed by atoms with Crippen molar-refractivity contribution in [3.8, 4) is 10.7 Å². The highest BCUT2D eigenvalue weighted by Gasteiger charge is 2.17. The van der Waals surface area contributed by atoms with Gasteiger partial charge >= 0.3 is 0 Å². The lowest BCUT2D eigenvalue weighted by molar-refractivity contribution is 0.623. The minimum Gasteiger partial charge on any atom is -0.337 e.